The molecule has 3 heterocycles. The number of piperidine rings is 1. The molecule has 3 N–H and O–H groups in total. The summed E-state index contributed by atoms with van der Waals surface area (Å²) < 4.78 is 5.73. The molecule has 0 radical (unpaired) electrons. The monoisotopic (exact) mass is 348 g/mol. The molecule has 2 aromatic rings. The molecule has 1 amide bonds. The molecule has 7 nitrogen and oxygen atoms in total. The lowest BCUT2D eigenvalue weighted by molar-refractivity contribution is 0.101. The van der Waals surface area contributed by atoms with Gasteiger partial charge in [0.25, 0.3) is 5.91 Å². The van der Waals surface area contributed by atoms with Crippen molar-refractivity contribution in [3.05, 3.63) is 10.9 Å². The van der Waals surface area contributed by atoms with Crippen LogP contribution in [0.2, 0.25) is 0 Å². The third kappa shape index (κ3) is 2.94. The quantitative estimate of drug-likeness (QED) is 0.821. The zero-order chi connectivity index (χ0) is 17.3. The average Bonchev–Trinajstić information content (AvgIpc) is 2.92. The zero-order valence-corrected chi connectivity index (χ0v) is 14.3. The molecule has 8 heteroatoms. The lowest BCUT2D eigenvalue weighted by Gasteiger charge is -2.30. The highest BCUT2D eigenvalue weighted by Crippen LogP contribution is 2.41. The molecular formula is C16H20N4O3S. The predicted octanol–water partition coefficient (Wildman–Crippen LogP) is 2.08. The van der Waals surface area contributed by atoms with Crippen LogP contribution in [-0.4, -0.2) is 48.5 Å². The van der Waals surface area contributed by atoms with E-state index in [1.807, 2.05) is 13.0 Å². The number of aliphatic imine (C=N–C) groups is 1. The number of pyridine rings is 1. The normalized spacial score (nSPS) is 15.7. The van der Waals surface area contributed by atoms with Gasteiger partial charge in [0, 0.05) is 19.2 Å². The molecule has 128 valence electrons. The number of aliphatic hydroxyl groups excluding tert-OH is 1. The summed E-state index contributed by atoms with van der Waals surface area (Å²) in [5.41, 5.74) is 6.47. The van der Waals surface area contributed by atoms with Crippen molar-refractivity contribution in [3.8, 4) is 5.75 Å². The highest BCUT2D eigenvalue weighted by Gasteiger charge is 2.24. The third-order valence-corrected chi connectivity index (χ3v) is 5.16. The van der Waals surface area contributed by atoms with Gasteiger partial charge in [-0.15, -0.1) is 11.3 Å². The van der Waals surface area contributed by atoms with Crippen molar-refractivity contribution in [2.24, 2.45) is 4.99 Å². The van der Waals surface area contributed by atoms with Gasteiger partial charge in [0.15, 0.2) is 0 Å². The lowest BCUT2D eigenvalue weighted by atomic mass is 10.1. The van der Waals surface area contributed by atoms with E-state index >= 15 is 0 Å². The van der Waals surface area contributed by atoms with Crippen molar-refractivity contribution in [2.75, 3.05) is 30.3 Å². The number of amides is 1. The smallest absolute Gasteiger partial charge is 0.288 e. The molecule has 0 saturated carbocycles. The molecular weight excluding hydrogens is 328 g/mol. The summed E-state index contributed by atoms with van der Waals surface area (Å²) in [5.74, 6) is 0.922. The van der Waals surface area contributed by atoms with Crippen LogP contribution in [0.4, 0.5) is 11.5 Å². The SMILES string of the molecule is C=NC(=O)c1sc2nc(N3CCC(O)CC3)cc(OCC)c2c1N. The first-order chi connectivity index (χ1) is 11.5. The fourth-order valence-electron chi connectivity index (χ4n) is 2.83. The highest BCUT2D eigenvalue weighted by molar-refractivity contribution is 7.21. The van der Waals surface area contributed by atoms with E-state index in [-0.39, 0.29) is 6.10 Å². The van der Waals surface area contributed by atoms with E-state index < -0.39 is 5.91 Å². The van der Waals surface area contributed by atoms with E-state index in [0.717, 1.165) is 18.9 Å². The number of nitrogens with two attached hydrogens (primary N) is 1. The van der Waals surface area contributed by atoms with Gasteiger partial charge in [0.05, 0.1) is 23.8 Å². The Bertz CT molecular complexity index is 781. The summed E-state index contributed by atoms with van der Waals surface area (Å²) in [6.07, 6.45) is 1.16. The first kappa shape index (κ1) is 16.7. The number of aromatic nitrogens is 1. The summed E-state index contributed by atoms with van der Waals surface area (Å²) in [6.45, 7) is 7.10. The van der Waals surface area contributed by atoms with Crippen LogP contribution in [0.25, 0.3) is 10.2 Å². The van der Waals surface area contributed by atoms with Crippen molar-refractivity contribution in [1.82, 2.24) is 4.98 Å². The highest BCUT2D eigenvalue weighted by atomic mass is 32.1. The number of aliphatic hydroxyl groups is 1. The summed E-state index contributed by atoms with van der Waals surface area (Å²) in [5, 5.41) is 10.3. The Balaban J connectivity index is 2.09. The van der Waals surface area contributed by atoms with E-state index in [1.54, 1.807) is 0 Å². The van der Waals surface area contributed by atoms with Crippen molar-refractivity contribution < 1.29 is 14.6 Å². The number of rotatable bonds is 4. The van der Waals surface area contributed by atoms with Crippen LogP contribution in [0.3, 0.4) is 0 Å². The second-order valence-electron chi connectivity index (χ2n) is 5.62. The largest absolute Gasteiger partial charge is 0.493 e. The molecule has 0 aliphatic carbocycles. The van der Waals surface area contributed by atoms with E-state index in [1.165, 1.54) is 11.3 Å². The standard InChI is InChI=1S/C16H20N4O3S/c1-3-23-10-8-11(20-6-4-9(21)5-7-20)19-16-12(10)13(17)14(24-16)15(22)18-2/h8-9,21H,2-7,17H2,1H3. The molecule has 24 heavy (non-hydrogen) atoms. The third-order valence-electron chi connectivity index (χ3n) is 4.08. The summed E-state index contributed by atoms with van der Waals surface area (Å²) in [6, 6.07) is 1.85. The Morgan fingerprint density at radius 2 is 2.29 bits per heavy atom. The van der Waals surface area contributed by atoms with Gasteiger partial charge in [0.2, 0.25) is 0 Å². The van der Waals surface area contributed by atoms with Crippen LogP contribution < -0.4 is 15.4 Å². The number of hydrogen-bond donors (Lipinski definition) is 2. The van der Waals surface area contributed by atoms with Gasteiger partial charge >= 0.3 is 0 Å². The minimum atomic E-state index is -0.458. The molecule has 1 saturated heterocycles. The number of ether oxygens (including phenoxy) is 1. The Labute approximate surface area is 143 Å². The maximum absolute atomic E-state index is 11.9. The van der Waals surface area contributed by atoms with Crippen LogP contribution in [-0.2, 0) is 0 Å². The fraction of sp³-hybridized carbons (Fsp3) is 0.438. The van der Waals surface area contributed by atoms with Crippen molar-refractivity contribution in [1.29, 1.82) is 0 Å². The van der Waals surface area contributed by atoms with E-state index in [0.29, 0.717) is 46.0 Å². The van der Waals surface area contributed by atoms with E-state index in [9.17, 15) is 9.90 Å². The molecule has 1 fully saturated rings. The molecule has 0 atom stereocenters. The van der Waals surface area contributed by atoms with Gasteiger partial charge in [0.1, 0.15) is 21.3 Å². The molecule has 2 aromatic heterocycles. The topological polar surface area (TPSA) is 101 Å². The van der Waals surface area contributed by atoms with Gasteiger partial charge in [-0.3, -0.25) is 4.79 Å². The van der Waals surface area contributed by atoms with Crippen molar-refractivity contribution in [3.63, 3.8) is 0 Å². The first-order valence-corrected chi connectivity index (χ1v) is 8.66. The summed E-state index contributed by atoms with van der Waals surface area (Å²) in [7, 11) is 0. The van der Waals surface area contributed by atoms with Gasteiger partial charge < -0.3 is 20.5 Å². The molecule has 3 rings (SSSR count). The van der Waals surface area contributed by atoms with Crippen LogP contribution in [0.15, 0.2) is 11.1 Å². The maximum Gasteiger partial charge on any atom is 0.288 e. The number of carbonyl (C=O) groups is 1. The lowest BCUT2D eigenvalue weighted by Crippen LogP contribution is -2.36. The van der Waals surface area contributed by atoms with Crippen LogP contribution in [0, 0.1) is 0 Å². The Morgan fingerprint density at radius 3 is 2.92 bits per heavy atom. The number of anilines is 2. The van der Waals surface area contributed by atoms with Gasteiger partial charge in [-0.25, -0.2) is 9.98 Å². The molecule has 1 aliphatic rings. The molecule has 1 aliphatic heterocycles. The van der Waals surface area contributed by atoms with Crippen molar-refractivity contribution >= 4 is 45.7 Å². The Kier molecular flexibility index (Phi) is 4.68. The Morgan fingerprint density at radius 1 is 1.58 bits per heavy atom. The molecule has 0 bridgehead atoms. The minimum Gasteiger partial charge on any atom is -0.493 e. The Hall–Kier alpha value is -2.19. The van der Waals surface area contributed by atoms with Gasteiger partial charge in [-0.2, -0.15) is 0 Å². The number of fused-ring (bicyclic) bond motifs is 1. The van der Waals surface area contributed by atoms with Crippen LogP contribution >= 0.6 is 11.3 Å². The molecule has 0 spiro atoms. The maximum atomic E-state index is 11.9. The minimum absolute atomic E-state index is 0.253. The zero-order valence-electron chi connectivity index (χ0n) is 13.5. The van der Waals surface area contributed by atoms with Gasteiger partial charge in [-0.05, 0) is 26.5 Å². The number of thiophene rings is 1. The van der Waals surface area contributed by atoms with Gasteiger partial charge in [-0.1, -0.05) is 0 Å². The predicted molar refractivity (Wildman–Crippen MR) is 96.5 cm³/mol. The van der Waals surface area contributed by atoms with Crippen LogP contribution in [0.1, 0.15) is 29.4 Å². The summed E-state index contributed by atoms with van der Waals surface area (Å²) >= 11 is 1.20. The second-order valence-corrected chi connectivity index (χ2v) is 6.62. The van der Waals surface area contributed by atoms with E-state index in [4.69, 9.17) is 10.5 Å². The number of hydrogen-bond acceptors (Lipinski definition) is 7. The average molecular weight is 348 g/mol. The fourth-order valence-corrected chi connectivity index (χ4v) is 3.84. The second kappa shape index (κ2) is 6.74. The number of carbonyl (C=O) groups excluding carboxylic acids is 1. The van der Waals surface area contributed by atoms with Crippen molar-refractivity contribution in [2.45, 2.75) is 25.9 Å². The van der Waals surface area contributed by atoms with E-state index in [2.05, 4.69) is 21.6 Å². The molecule has 0 aromatic carbocycles. The molecule has 0 unspecified atom stereocenters. The summed E-state index contributed by atoms with van der Waals surface area (Å²) in [4.78, 5) is 23.1. The first-order valence-electron chi connectivity index (χ1n) is 7.85. The number of nitrogen functional groups attached to an aromatic ring is 1. The van der Waals surface area contributed by atoms with Crippen LogP contribution in [0.5, 0.6) is 5.75 Å². The number of nitrogens with zero attached hydrogens (tertiary/aromatic N) is 3.